The zero-order chi connectivity index (χ0) is 32.8. The molecular formula is C34H35ClN8O4. The molecule has 2 aromatic carbocycles. The molecule has 6 rings (SSSR count). The molecule has 12 nitrogen and oxygen atoms in total. The quantitative estimate of drug-likeness (QED) is 0.217. The fourth-order valence-electron chi connectivity index (χ4n) is 5.85. The average Bonchev–Trinajstić information content (AvgIpc) is 3.58. The summed E-state index contributed by atoms with van der Waals surface area (Å²) >= 11 is 6.25. The van der Waals surface area contributed by atoms with E-state index in [1.807, 2.05) is 29.2 Å². The molecule has 1 saturated heterocycles. The summed E-state index contributed by atoms with van der Waals surface area (Å²) in [6.07, 6.45) is 12.1. The van der Waals surface area contributed by atoms with Crippen LogP contribution in [0.3, 0.4) is 0 Å². The van der Waals surface area contributed by atoms with Crippen LogP contribution in [-0.4, -0.2) is 74.1 Å². The summed E-state index contributed by atoms with van der Waals surface area (Å²) in [5, 5.41) is 18.6. The number of rotatable bonds is 7. The van der Waals surface area contributed by atoms with Crippen molar-refractivity contribution in [2.24, 2.45) is 0 Å². The average molecular weight is 655 g/mol. The van der Waals surface area contributed by atoms with Crippen molar-refractivity contribution in [1.29, 1.82) is 0 Å². The molecule has 0 unspecified atom stereocenters. The zero-order valence-corrected chi connectivity index (χ0v) is 26.7. The predicted molar refractivity (Wildman–Crippen MR) is 177 cm³/mol. The van der Waals surface area contributed by atoms with E-state index in [1.54, 1.807) is 36.7 Å². The molecule has 13 heteroatoms. The number of amides is 2. The summed E-state index contributed by atoms with van der Waals surface area (Å²) in [5.41, 5.74) is 5.40. The Morgan fingerprint density at radius 1 is 1.06 bits per heavy atom. The molecular weight excluding hydrogens is 620 g/mol. The summed E-state index contributed by atoms with van der Waals surface area (Å²) in [6, 6.07) is 12.2. The van der Waals surface area contributed by atoms with Crippen LogP contribution in [0.5, 0.6) is 0 Å². The molecule has 2 bridgehead atoms. The SMILES string of the molecule is COC(=O)Cc1ccc2c(c1)N[C@@H](C(=O)N1CCC1)CCCC[C@H](NC(=O)/C=C/c1cc(Cl)ccc1-n1cnnn1)c1cncc-2c1. The van der Waals surface area contributed by atoms with Gasteiger partial charge < -0.3 is 20.3 Å². The van der Waals surface area contributed by atoms with E-state index in [4.69, 9.17) is 16.3 Å². The molecule has 0 saturated carbocycles. The second-order valence-corrected chi connectivity index (χ2v) is 12.1. The molecule has 2 aliphatic rings. The molecule has 2 atom stereocenters. The van der Waals surface area contributed by atoms with Crippen LogP contribution in [0, 0.1) is 0 Å². The number of ether oxygens (including phenoxy) is 1. The number of hydrogen-bond acceptors (Lipinski definition) is 9. The Morgan fingerprint density at radius 3 is 2.68 bits per heavy atom. The minimum atomic E-state index is -0.430. The summed E-state index contributed by atoms with van der Waals surface area (Å²) in [7, 11) is 1.36. The van der Waals surface area contributed by atoms with Gasteiger partial charge in [0.2, 0.25) is 11.8 Å². The van der Waals surface area contributed by atoms with E-state index in [2.05, 4.69) is 31.1 Å². The van der Waals surface area contributed by atoms with Crippen LogP contribution in [0.2, 0.25) is 5.02 Å². The topological polar surface area (TPSA) is 144 Å². The minimum Gasteiger partial charge on any atom is -0.469 e. The van der Waals surface area contributed by atoms with Crippen molar-refractivity contribution in [3.8, 4) is 16.8 Å². The first-order valence-corrected chi connectivity index (χ1v) is 16.0. The lowest BCUT2D eigenvalue weighted by Crippen LogP contribution is -2.49. The number of esters is 1. The van der Waals surface area contributed by atoms with Gasteiger partial charge in [-0.1, -0.05) is 36.6 Å². The number of hydrogen-bond donors (Lipinski definition) is 2. The van der Waals surface area contributed by atoms with E-state index >= 15 is 0 Å². The third kappa shape index (κ3) is 7.66. The van der Waals surface area contributed by atoms with Crippen molar-refractivity contribution in [1.82, 2.24) is 35.4 Å². The van der Waals surface area contributed by atoms with Crippen LogP contribution in [0.1, 0.15) is 54.8 Å². The van der Waals surface area contributed by atoms with Gasteiger partial charge in [-0.25, -0.2) is 0 Å². The lowest BCUT2D eigenvalue weighted by molar-refractivity contribution is -0.140. The number of nitrogens with zero attached hydrogens (tertiary/aromatic N) is 6. The van der Waals surface area contributed by atoms with E-state index in [9.17, 15) is 14.4 Å². The van der Waals surface area contributed by atoms with Gasteiger partial charge >= 0.3 is 5.97 Å². The molecule has 0 aliphatic carbocycles. The van der Waals surface area contributed by atoms with Crippen molar-refractivity contribution in [3.05, 3.63) is 89.0 Å². The molecule has 2 amide bonds. The Labute approximate surface area is 277 Å². The first-order chi connectivity index (χ1) is 22.9. The van der Waals surface area contributed by atoms with Crippen LogP contribution >= 0.6 is 11.6 Å². The maximum atomic E-state index is 13.5. The van der Waals surface area contributed by atoms with Gasteiger partial charge in [0, 0.05) is 59.0 Å². The number of aromatic nitrogens is 5. The number of halogens is 1. The highest BCUT2D eigenvalue weighted by Crippen LogP contribution is 2.34. The fourth-order valence-corrected chi connectivity index (χ4v) is 6.03. The number of benzene rings is 2. The van der Waals surface area contributed by atoms with Gasteiger partial charge in [0.1, 0.15) is 12.4 Å². The number of pyridine rings is 1. The predicted octanol–water partition coefficient (Wildman–Crippen LogP) is 4.55. The highest BCUT2D eigenvalue weighted by Gasteiger charge is 2.29. The Hall–Kier alpha value is -5.10. The molecule has 47 heavy (non-hydrogen) atoms. The highest BCUT2D eigenvalue weighted by molar-refractivity contribution is 6.30. The van der Waals surface area contributed by atoms with Crippen LogP contribution in [0.4, 0.5) is 5.69 Å². The third-order valence-corrected chi connectivity index (χ3v) is 8.72. The Morgan fingerprint density at radius 2 is 1.91 bits per heavy atom. The number of carbonyl (C=O) groups excluding carboxylic acids is 3. The number of likely N-dealkylation sites (tertiary alicyclic amines) is 1. The highest BCUT2D eigenvalue weighted by atomic mass is 35.5. The second-order valence-electron chi connectivity index (χ2n) is 11.7. The number of tetrazole rings is 1. The molecule has 242 valence electrons. The van der Waals surface area contributed by atoms with Crippen molar-refractivity contribution < 1.29 is 19.1 Å². The number of fused-ring (bicyclic) bond motifs is 4. The number of anilines is 1. The zero-order valence-electron chi connectivity index (χ0n) is 25.9. The minimum absolute atomic E-state index is 0.0709. The summed E-state index contributed by atoms with van der Waals surface area (Å²) in [6.45, 7) is 1.51. The maximum Gasteiger partial charge on any atom is 0.309 e. The molecule has 2 aromatic heterocycles. The molecule has 4 aromatic rings. The van der Waals surface area contributed by atoms with Gasteiger partial charge in [-0.3, -0.25) is 19.4 Å². The number of carbonyl (C=O) groups is 3. The van der Waals surface area contributed by atoms with Crippen LogP contribution < -0.4 is 10.6 Å². The smallest absolute Gasteiger partial charge is 0.309 e. The summed E-state index contributed by atoms with van der Waals surface area (Å²) in [4.78, 5) is 45.3. The summed E-state index contributed by atoms with van der Waals surface area (Å²) in [5.74, 6) is -0.554. The van der Waals surface area contributed by atoms with Gasteiger partial charge in [0.15, 0.2) is 0 Å². The van der Waals surface area contributed by atoms with Crippen molar-refractivity contribution >= 4 is 41.1 Å². The monoisotopic (exact) mass is 654 g/mol. The maximum absolute atomic E-state index is 13.5. The van der Waals surface area contributed by atoms with Gasteiger partial charge in [-0.2, -0.15) is 4.68 Å². The standard InChI is InChI=1S/C34H35ClN8O4/c1-47-33(45)16-22-7-10-27-24-17-25(20-36-19-24)28(5-2-3-6-29(38-30(27)15-22)34(46)42-13-4-14-42)39-32(44)12-8-23-18-26(35)9-11-31(23)43-21-37-40-41-43/h7-12,15,17-21,28-29,38H,2-6,13-14,16H2,1H3,(H,39,44)/b12-8+/t28-,29+/m0/s1. The molecule has 0 spiro atoms. The van der Waals surface area contributed by atoms with E-state index in [-0.39, 0.29) is 30.2 Å². The Balaban J connectivity index is 1.29. The normalized spacial score (nSPS) is 17.8. The fraction of sp³-hybridized carbons (Fsp3) is 0.324. The Kier molecular flexibility index (Phi) is 9.86. The van der Waals surface area contributed by atoms with Crippen LogP contribution in [0.25, 0.3) is 22.9 Å². The molecule has 0 radical (unpaired) electrons. The largest absolute Gasteiger partial charge is 0.469 e. The molecule has 2 N–H and O–H groups in total. The first-order valence-electron chi connectivity index (χ1n) is 15.6. The lowest BCUT2D eigenvalue weighted by Gasteiger charge is -2.35. The number of methoxy groups -OCH3 is 1. The van der Waals surface area contributed by atoms with Gasteiger partial charge in [-0.05, 0) is 77.2 Å². The van der Waals surface area contributed by atoms with Gasteiger partial charge in [-0.15, -0.1) is 5.10 Å². The van der Waals surface area contributed by atoms with E-state index < -0.39 is 6.04 Å². The van der Waals surface area contributed by atoms with Crippen molar-refractivity contribution in [3.63, 3.8) is 0 Å². The number of nitrogens with one attached hydrogen (secondary N) is 2. The van der Waals surface area contributed by atoms with Crippen molar-refractivity contribution in [2.75, 3.05) is 25.5 Å². The second kappa shape index (κ2) is 14.5. The third-order valence-electron chi connectivity index (χ3n) is 8.48. The molecule has 2 aliphatic heterocycles. The van der Waals surface area contributed by atoms with E-state index in [1.165, 1.54) is 24.2 Å². The van der Waals surface area contributed by atoms with E-state index in [0.29, 0.717) is 29.1 Å². The van der Waals surface area contributed by atoms with Crippen molar-refractivity contribution in [2.45, 2.75) is 50.6 Å². The Bertz CT molecular complexity index is 1790. The van der Waals surface area contributed by atoms with Gasteiger partial charge in [0.05, 0.1) is 25.3 Å². The van der Waals surface area contributed by atoms with Crippen LogP contribution in [-0.2, 0) is 25.5 Å². The van der Waals surface area contributed by atoms with Crippen LogP contribution in [0.15, 0.2) is 67.3 Å². The summed E-state index contributed by atoms with van der Waals surface area (Å²) < 4.78 is 6.39. The first kappa shape index (κ1) is 31.9. The van der Waals surface area contributed by atoms with Gasteiger partial charge in [0.25, 0.3) is 0 Å². The van der Waals surface area contributed by atoms with E-state index in [0.717, 1.165) is 60.3 Å². The lowest BCUT2D eigenvalue weighted by atomic mass is 9.94. The molecule has 1 fully saturated rings. The molecule has 4 heterocycles.